The van der Waals surface area contributed by atoms with E-state index in [4.69, 9.17) is 16.9 Å². The van der Waals surface area contributed by atoms with Crippen molar-refractivity contribution in [3.63, 3.8) is 0 Å². The van der Waals surface area contributed by atoms with Crippen LogP contribution in [0.1, 0.15) is 5.56 Å². The van der Waals surface area contributed by atoms with E-state index in [1.807, 2.05) is 0 Å². The molecule has 0 aliphatic rings. The number of benzene rings is 1. The van der Waals surface area contributed by atoms with E-state index in [2.05, 4.69) is 0 Å². The molecule has 0 N–H and O–H groups in total. The van der Waals surface area contributed by atoms with E-state index >= 15 is 0 Å². The van der Waals surface area contributed by atoms with Gasteiger partial charge in [-0.2, -0.15) is 5.26 Å². The van der Waals surface area contributed by atoms with Crippen LogP contribution in [-0.4, -0.2) is 14.2 Å². The molecule has 1 aromatic rings. The van der Waals surface area contributed by atoms with Gasteiger partial charge in [0.2, 0.25) is 0 Å². The molecule has 0 amide bonds. The Kier molecular flexibility index (Phi) is 3.32. The van der Waals surface area contributed by atoms with E-state index in [0.29, 0.717) is 0 Å². The Labute approximate surface area is 92.0 Å². The highest BCUT2D eigenvalue weighted by Gasteiger charge is 2.19. The molecule has 1 rings (SSSR count). The third-order valence-electron chi connectivity index (χ3n) is 1.80. The molecule has 0 radical (unpaired) electrons. The lowest BCUT2D eigenvalue weighted by molar-refractivity contribution is 0.591. The summed E-state index contributed by atoms with van der Waals surface area (Å²) in [6, 6.07) is 3.56. The lowest BCUT2D eigenvalue weighted by atomic mass is 10.2. The van der Waals surface area contributed by atoms with Gasteiger partial charge < -0.3 is 0 Å². The number of nitriles is 1. The molecule has 0 spiro atoms. The summed E-state index contributed by atoms with van der Waals surface area (Å²) in [6.45, 7) is 1.47. The molecule has 0 fully saturated rings. The van der Waals surface area contributed by atoms with Crippen LogP contribution in [0, 0.1) is 24.1 Å². The molecule has 6 heteroatoms. The number of rotatable bonds is 2. The van der Waals surface area contributed by atoms with E-state index in [9.17, 15) is 12.8 Å². The van der Waals surface area contributed by atoms with Crippen LogP contribution in [0.4, 0.5) is 4.39 Å². The van der Waals surface area contributed by atoms with Crippen LogP contribution in [-0.2, 0) is 9.84 Å². The minimum Gasteiger partial charge on any atom is -0.223 e. The third kappa shape index (κ3) is 2.46. The number of nitrogens with zero attached hydrogens (tertiary/aromatic N) is 1. The molecule has 3 nitrogen and oxygen atoms in total. The lowest BCUT2D eigenvalue weighted by Gasteiger charge is -2.05. The van der Waals surface area contributed by atoms with Crippen LogP contribution in [0.25, 0.3) is 0 Å². The normalized spacial score (nSPS) is 11.1. The summed E-state index contributed by atoms with van der Waals surface area (Å²) >= 11 is 5.67. The van der Waals surface area contributed by atoms with E-state index in [0.717, 1.165) is 6.07 Å². The summed E-state index contributed by atoms with van der Waals surface area (Å²) in [6.07, 6.45) is 0. The van der Waals surface area contributed by atoms with Crippen molar-refractivity contribution in [1.82, 2.24) is 0 Å². The summed E-state index contributed by atoms with van der Waals surface area (Å²) in [7, 11) is -3.81. The number of sulfone groups is 1. The number of halogens is 2. The van der Waals surface area contributed by atoms with Gasteiger partial charge in [0, 0.05) is 0 Å². The molecule has 0 aliphatic heterocycles. The molecule has 0 saturated carbocycles. The molecule has 1 aromatic carbocycles. The van der Waals surface area contributed by atoms with Crippen LogP contribution in [0.15, 0.2) is 17.0 Å². The molecule has 0 unspecified atom stereocenters. The Balaban J connectivity index is 3.41. The van der Waals surface area contributed by atoms with Crippen molar-refractivity contribution in [3.05, 3.63) is 28.5 Å². The molecule has 80 valence electrons. The van der Waals surface area contributed by atoms with Gasteiger partial charge in [-0.15, -0.1) is 0 Å². The first-order valence-electron chi connectivity index (χ1n) is 3.94. The molecule has 0 bridgehead atoms. The number of aryl methyl sites for hydroxylation is 1. The first-order valence-corrected chi connectivity index (χ1v) is 5.97. The highest BCUT2D eigenvalue weighted by molar-refractivity contribution is 7.91. The van der Waals surface area contributed by atoms with Crippen molar-refractivity contribution in [2.24, 2.45) is 0 Å². The van der Waals surface area contributed by atoms with Gasteiger partial charge in [0.1, 0.15) is 11.6 Å². The number of hydrogen-bond donors (Lipinski definition) is 0. The lowest BCUT2D eigenvalue weighted by Crippen LogP contribution is -2.06. The second-order valence-corrected chi connectivity index (χ2v) is 5.31. The van der Waals surface area contributed by atoms with Crippen LogP contribution >= 0.6 is 11.6 Å². The maximum Gasteiger partial charge on any atom is 0.193 e. The van der Waals surface area contributed by atoms with E-state index in [-0.39, 0.29) is 15.5 Å². The van der Waals surface area contributed by atoms with Crippen molar-refractivity contribution >= 4 is 21.4 Å². The highest BCUT2D eigenvalue weighted by atomic mass is 35.5. The van der Waals surface area contributed by atoms with Crippen molar-refractivity contribution in [3.8, 4) is 6.07 Å². The predicted octanol–water partition coefficient (Wildman–Crippen LogP) is 2.08. The zero-order valence-electron chi connectivity index (χ0n) is 7.79. The standard InChI is InChI=1S/C9H7ClFNO2S/c1-6-4-7(10)9(5-8(6)11)15(13,14)3-2-12/h4-5H,3H2,1H3. The zero-order valence-corrected chi connectivity index (χ0v) is 9.36. The van der Waals surface area contributed by atoms with Crippen LogP contribution in [0.2, 0.25) is 5.02 Å². The monoisotopic (exact) mass is 247 g/mol. The molecular weight excluding hydrogens is 241 g/mol. The van der Waals surface area contributed by atoms with Crippen molar-refractivity contribution < 1.29 is 12.8 Å². The van der Waals surface area contributed by atoms with Gasteiger partial charge in [-0.05, 0) is 24.6 Å². The fraction of sp³-hybridized carbons (Fsp3) is 0.222. The Bertz CT molecular complexity index is 534. The minimum atomic E-state index is -3.81. The predicted molar refractivity (Wildman–Crippen MR) is 53.8 cm³/mol. The smallest absolute Gasteiger partial charge is 0.193 e. The van der Waals surface area contributed by atoms with Gasteiger partial charge in [-0.1, -0.05) is 11.6 Å². The fourth-order valence-corrected chi connectivity index (χ4v) is 2.56. The molecule has 0 saturated heterocycles. The van der Waals surface area contributed by atoms with Crippen molar-refractivity contribution in [2.45, 2.75) is 11.8 Å². The van der Waals surface area contributed by atoms with E-state index in [1.165, 1.54) is 19.1 Å². The van der Waals surface area contributed by atoms with E-state index < -0.39 is 21.4 Å². The zero-order chi connectivity index (χ0) is 11.6. The third-order valence-corrected chi connectivity index (χ3v) is 3.74. The van der Waals surface area contributed by atoms with E-state index in [1.54, 1.807) is 0 Å². The Morgan fingerprint density at radius 3 is 2.67 bits per heavy atom. The fourth-order valence-electron chi connectivity index (χ4n) is 1.03. The molecule has 0 aromatic heterocycles. The second kappa shape index (κ2) is 4.17. The topological polar surface area (TPSA) is 57.9 Å². The SMILES string of the molecule is Cc1cc(Cl)c(S(=O)(=O)CC#N)cc1F. The van der Waals surface area contributed by atoms with Crippen molar-refractivity contribution in [2.75, 3.05) is 5.75 Å². The average molecular weight is 248 g/mol. The average Bonchev–Trinajstić information content (AvgIpc) is 2.11. The van der Waals surface area contributed by atoms with Crippen LogP contribution < -0.4 is 0 Å². The highest BCUT2D eigenvalue weighted by Crippen LogP contribution is 2.25. The van der Waals surface area contributed by atoms with Gasteiger partial charge >= 0.3 is 0 Å². The largest absolute Gasteiger partial charge is 0.223 e. The van der Waals surface area contributed by atoms with Gasteiger partial charge in [0.05, 0.1) is 16.0 Å². The second-order valence-electron chi connectivity index (χ2n) is 2.95. The number of hydrogen-bond acceptors (Lipinski definition) is 3. The van der Waals surface area contributed by atoms with Crippen LogP contribution in [0.5, 0.6) is 0 Å². The molecule has 0 atom stereocenters. The maximum atomic E-state index is 13.1. The molecule has 0 aliphatic carbocycles. The summed E-state index contributed by atoms with van der Waals surface area (Å²) in [5.41, 5.74) is 0.260. The van der Waals surface area contributed by atoms with Gasteiger partial charge in [-0.3, -0.25) is 0 Å². The van der Waals surface area contributed by atoms with Crippen LogP contribution in [0.3, 0.4) is 0 Å². The Morgan fingerprint density at radius 1 is 1.53 bits per heavy atom. The van der Waals surface area contributed by atoms with Gasteiger partial charge in [-0.25, -0.2) is 12.8 Å². The first kappa shape index (κ1) is 12.0. The Hall–Kier alpha value is -1.12. The van der Waals surface area contributed by atoms with Gasteiger partial charge in [0.25, 0.3) is 0 Å². The summed E-state index contributed by atoms with van der Waals surface area (Å²) < 4.78 is 36.0. The Morgan fingerprint density at radius 2 is 2.13 bits per heavy atom. The summed E-state index contributed by atoms with van der Waals surface area (Å²) in [5.74, 6) is -1.37. The van der Waals surface area contributed by atoms with Gasteiger partial charge in [0.15, 0.2) is 9.84 Å². The first-order chi connectivity index (χ1) is 6.88. The quantitative estimate of drug-likeness (QED) is 0.804. The molecule has 15 heavy (non-hydrogen) atoms. The summed E-state index contributed by atoms with van der Waals surface area (Å²) in [4.78, 5) is -0.339. The summed E-state index contributed by atoms with van der Waals surface area (Å²) in [5, 5.41) is 8.25. The maximum absolute atomic E-state index is 13.1. The molecule has 0 heterocycles. The molecular formula is C9H7ClFNO2S. The van der Waals surface area contributed by atoms with Crippen molar-refractivity contribution in [1.29, 1.82) is 5.26 Å². The minimum absolute atomic E-state index is 0.0656.